The second-order valence-electron chi connectivity index (χ2n) is 5.31. The first-order chi connectivity index (χ1) is 7.42. The molecule has 0 aliphatic heterocycles. The van der Waals surface area contributed by atoms with Crippen LogP contribution in [0, 0.1) is 5.92 Å². The summed E-state index contributed by atoms with van der Waals surface area (Å²) in [6, 6.07) is 0.0925. The zero-order valence-corrected chi connectivity index (χ0v) is 10.2. The average molecular weight is 230 g/mol. The Morgan fingerprint density at radius 1 is 1.44 bits per heavy atom. The predicted octanol–water partition coefficient (Wildman–Crippen LogP) is 1.66. The third-order valence-corrected chi connectivity index (χ3v) is 2.73. The monoisotopic (exact) mass is 230 g/mol. The van der Waals surface area contributed by atoms with Gasteiger partial charge in [-0.15, -0.1) is 0 Å². The van der Waals surface area contributed by atoms with Gasteiger partial charge < -0.3 is 15.3 Å². The van der Waals surface area contributed by atoms with E-state index in [9.17, 15) is 4.79 Å². The quantitative estimate of drug-likeness (QED) is 0.645. The number of amides is 1. The lowest BCUT2D eigenvalue weighted by molar-refractivity contribution is 0.0503. The Hall–Kier alpha value is -0.810. The number of hydroxylamine groups is 1. The lowest BCUT2D eigenvalue weighted by atomic mass is 10.1. The van der Waals surface area contributed by atoms with Crippen molar-refractivity contribution in [1.29, 1.82) is 0 Å². The molecule has 0 spiro atoms. The number of hydrogen-bond acceptors (Lipinski definition) is 4. The van der Waals surface area contributed by atoms with Crippen LogP contribution in [0.1, 0.15) is 40.0 Å². The van der Waals surface area contributed by atoms with Crippen LogP contribution in [0.2, 0.25) is 0 Å². The highest BCUT2D eigenvalue weighted by Gasteiger charge is 2.27. The lowest BCUT2D eigenvalue weighted by Crippen LogP contribution is -2.40. The molecule has 94 valence electrons. The van der Waals surface area contributed by atoms with Gasteiger partial charge in [0, 0.05) is 12.6 Å². The van der Waals surface area contributed by atoms with Gasteiger partial charge in [-0.3, -0.25) is 0 Å². The Morgan fingerprint density at radius 2 is 2.12 bits per heavy atom. The van der Waals surface area contributed by atoms with E-state index in [0.717, 1.165) is 19.3 Å². The molecule has 1 aliphatic rings. The number of hydrogen-bond donors (Lipinski definition) is 3. The van der Waals surface area contributed by atoms with E-state index >= 15 is 0 Å². The minimum absolute atomic E-state index is 0.0925. The third-order valence-electron chi connectivity index (χ3n) is 2.73. The van der Waals surface area contributed by atoms with E-state index in [2.05, 4.69) is 10.8 Å². The maximum absolute atomic E-state index is 11.4. The van der Waals surface area contributed by atoms with Crippen molar-refractivity contribution in [3.63, 3.8) is 0 Å². The molecule has 0 aromatic rings. The van der Waals surface area contributed by atoms with Gasteiger partial charge in [0.15, 0.2) is 0 Å². The van der Waals surface area contributed by atoms with Gasteiger partial charge in [-0.05, 0) is 39.5 Å². The maximum atomic E-state index is 11.4. The van der Waals surface area contributed by atoms with Crippen LogP contribution < -0.4 is 10.8 Å². The van der Waals surface area contributed by atoms with Crippen molar-refractivity contribution in [1.82, 2.24) is 10.8 Å². The van der Waals surface area contributed by atoms with Crippen LogP contribution in [0.4, 0.5) is 4.79 Å². The minimum atomic E-state index is -0.464. The summed E-state index contributed by atoms with van der Waals surface area (Å²) in [5.41, 5.74) is 1.83. The summed E-state index contributed by atoms with van der Waals surface area (Å²) in [4.78, 5) is 11.4. The van der Waals surface area contributed by atoms with Crippen molar-refractivity contribution in [2.75, 3.05) is 6.54 Å². The van der Waals surface area contributed by atoms with Crippen LogP contribution >= 0.6 is 0 Å². The molecule has 1 amide bonds. The molecule has 5 heteroatoms. The second kappa shape index (κ2) is 5.50. The van der Waals surface area contributed by atoms with Crippen LogP contribution in [-0.4, -0.2) is 29.5 Å². The number of nitrogens with one attached hydrogen (secondary N) is 2. The minimum Gasteiger partial charge on any atom is -0.444 e. The zero-order chi connectivity index (χ0) is 12.2. The predicted molar refractivity (Wildman–Crippen MR) is 60.3 cm³/mol. The molecule has 3 N–H and O–H groups in total. The molecule has 16 heavy (non-hydrogen) atoms. The van der Waals surface area contributed by atoms with Crippen LogP contribution in [0.3, 0.4) is 0 Å². The molecule has 5 nitrogen and oxygen atoms in total. The fourth-order valence-electron chi connectivity index (χ4n) is 1.98. The summed E-state index contributed by atoms with van der Waals surface area (Å²) in [6.45, 7) is 6.05. The Kier molecular flexibility index (Phi) is 4.56. The van der Waals surface area contributed by atoms with Crippen molar-refractivity contribution < 1.29 is 14.7 Å². The summed E-state index contributed by atoms with van der Waals surface area (Å²) >= 11 is 0. The molecule has 1 rings (SSSR count). The zero-order valence-electron chi connectivity index (χ0n) is 10.2. The summed E-state index contributed by atoms with van der Waals surface area (Å²) in [7, 11) is 0. The number of rotatable bonds is 3. The van der Waals surface area contributed by atoms with Crippen molar-refractivity contribution in [2.45, 2.75) is 51.7 Å². The molecule has 0 heterocycles. The summed E-state index contributed by atoms with van der Waals surface area (Å²) in [5.74, 6) is 0.289. The fraction of sp³-hybridized carbons (Fsp3) is 0.909. The van der Waals surface area contributed by atoms with Gasteiger partial charge in [0.25, 0.3) is 0 Å². The van der Waals surface area contributed by atoms with E-state index < -0.39 is 11.7 Å². The van der Waals surface area contributed by atoms with Gasteiger partial charge in [0.05, 0.1) is 0 Å². The van der Waals surface area contributed by atoms with Gasteiger partial charge in [0.2, 0.25) is 0 Å². The topological polar surface area (TPSA) is 70.6 Å². The van der Waals surface area contributed by atoms with Crippen molar-refractivity contribution >= 4 is 6.09 Å². The first-order valence-corrected chi connectivity index (χ1v) is 5.79. The highest BCUT2D eigenvalue weighted by atomic mass is 16.6. The molecule has 2 unspecified atom stereocenters. The van der Waals surface area contributed by atoms with Crippen LogP contribution in [0.25, 0.3) is 0 Å². The van der Waals surface area contributed by atoms with Crippen molar-refractivity contribution in [3.05, 3.63) is 0 Å². The summed E-state index contributed by atoms with van der Waals surface area (Å²) in [6.07, 6.45) is 2.67. The SMILES string of the molecule is CC(C)(C)OC(=O)NCC1CCCC1NO. The number of alkyl carbamates (subject to hydrolysis) is 1. The number of carbonyl (C=O) groups excluding carboxylic acids is 1. The van der Waals surface area contributed by atoms with Crippen LogP contribution in [0.15, 0.2) is 0 Å². The van der Waals surface area contributed by atoms with Gasteiger partial charge in [-0.25, -0.2) is 10.3 Å². The van der Waals surface area contributed by atoms with Gasteiger partial charge in [0.1, 0.15) is 5.60 Å². The van der Waals surface area contributed by atoms with Crippen LogP contribution in [-0.2, 0) is 4.74 Å². The number of carbonyl (C=O) groups is 1. The Labute approximate surface area is 96.5 Å². The van der Waals surface area contributed by atoms with E-state index in [1.807, 2.05) is 20.8 Å². The van der Waals surface area contributed by atoms with E-state index in [4.69, 9.17) is 9.94 Å². The van der Waals surface area contributed by atoms with E-state index in [0.29, 0.717) is 6.54 Å². The van der Waals surface area contributed by atoms with Gasteiger partial charge in [-0.2, -0.15) is 0 Å². The van der Waals surface area contributed by atoms with E-state index in [-0.39, 0.29) is 12.0 Å². The molecular formula is C11H22N2O3. The average Bonchev–Trinajstić information content (AvgIpc) is 2.59. The molecule has 0 saturated heterocycles. The highest BCUT2D eigenvalue weighted by Crippen LogP contribution is 2.24. The Bertz CT molecular complexity index is 238. The summed E-state index contributed by atoms with van der Waals surface area (Å²) in [5, 5.41) is 11.6. The fourth-order valence-corrected chi connectivity index (χ4v) is 1.98. The van der Waals surface area contributed by atoms with Gasteiger partial charge >= 0.3 is 6.09 Å². The smallest absolute Gasteiger partial charge is 0.407 e. The Balaban J connectivity index is 2.26. The van der Waals surface area contributed by atoms with Crippen LogP contribution in [0.5, 0.6) is 0 Å². The molecule has 1 fully saturated rings. The highest BCUT2D eigenvalue weighted by molar-refractivity contribution is 5.67. The first kappa shape index (κ1) is 13.3. The first-order valence-electron chi connectivity index (χ1n) is 5.79. The molecule has 0 aromatic carbocycles. The summed E-state index contributed by atoms with van der Waals surface area (Å²) < 4.78 is 5.13. The van der Waals surface area contributed by atoms with Crippen molar-refractivity contribution in [3.8, 4) is 0 Å². The molecule has 2 atom stereocenters. The molecule has 0 bridgehead atoms. The normalized spacial score (nSPS) is 25.5. The molecular weight excluding hydrogens is 208 g/mol. The molecule has 0 radical (unpaired) electrons. The van der Waals surface area contributed by atoms with Crippen molar-refractivity contribution in [2.24, 2.45) is 5.92 Å². The number of ether oxygens (including phenoxy) is 1. The largest absolute Gasteiger partial charge is 0.444 e. The standard InChI is InChI=1S/C11H22N2O3/c1-11(2,3)16-10(14)12-7-8-5-4-6-9(8)13-15/h8-9,13,15H,4-7H2,1-3H3,(H,12,14). The van der Waals surface area contributed by atoms with E-state index in [1.54, 1.807) is 0 Å². The molecule has 1 aliphatic carbocycles. The maximum Gasteiger partial charge on any atom is 0.407 e. The molecule has 1 saturated carbocycles. The molecule has 0 aromatic heterocycles. The third kappa shape index (κ3) is 4.37. The van der Waals surface area contributed by atoms with E-state index in [1.165, 1.54) is 0 Å². The Morgan fingerprint density at radius 3 is 2.69 bits per heavy atom. The van der Waals surface area contributed by atoms with Gasteiger partial charge in [-0.1, -0.05) is 6.42 Å². The lowest BCUT2D eigenvalue weighted by Gasteiger charge is -2.22. The second-order valence-corrected chi connectivity index (χ2v) is 5.31.